The molecular weight excluding hydrogens is 415 g/mol. The first-order chi connectivity index (χ1) is 14.1. The highest BCUT2D eigenvalue weighted by Gasteiger charge is 2.20. The monoisotopic (exact) mass is 434 g/mol. The number of rotatable bonds is 6. The van der Waals surface area contributed by atoms with Crippen LogP contribution < -0.4 is 10.0 Å². The number of aromatic nitrogens is 4. The number of nitrogens with zero attached hydrogens (tertiary/aromatic N) is 4. The molecule has 0 unspecified atom stereocenters. The van der Waals surface area contributed by atoms with Crippen LogP contribution in [0.1, 0.15) is 18.6 Å². The summed E-state index contributed by atoms with van der Waals surface area (Å²) in [7, 11) is -1.86. The molecule has 3 rings (SSSR count). The Morgan fingerprint density at radius 1 is 1.20 bits per heavy atom. The third-order valence-corrected chi connectivity index (χ3v) is 4.59. The molecule has 0 aliphatic carbocycles. The second kappa shape index (κ2) is 8.45. The highest BCUT2D eigenvalue weighted by Crippen LogP contribution is 2.26. The molecule has 2 N–H and O–H groups in total. The van der Waals surface area contributed by atoms with Gasteiger partial charge in [0, 0.05) is 12.6 Å². The molecule has 30 heavy (non-hydrogen) atoms. The van der Waals surface area contributed by atoms with Gasteiger partial charge in [-0.2, -0.15) is 5.10 Å². The number of amides is 1. The van der Waals surface area contributed by atoms with Crippen molar-refractivity contribution >= 4 is 27.6 Å². The average molecular weight is 434 g/mol. The number of nitrogens with one attached hydrogen (secondary N) is 2. The summed E-state index contributed by atoms with van der Waals surface area (Å²) < 4.78 is 45.3. The van der Waals surface area contributed by atoms with Crippen molar-refractivity contribution in [2.45, 2.75) is 13.0 Å². The molecule has 0 aliphatic heterocycles. The van der Waals surface area contributed by atoms with Crippen molar-refractivity contribution < 1.29 is 22.3 Å². The number of carbonyl (C=O) groups is 1. The van der Waals surface area contributed by atoms with Gasteiger partial charge in [0.2, 0.25) is 10.0 Å². The molecule has 1 aromatic carbocycles. The summed E-state index contributed by atoms with van der Waals surface area (Å²) in [5.74, 6) is -0.0145. The van der Waals surface area contributed by atoms with Crippen LogP contribution >= 0.6 is 0 Å². The van der Waals surface area contributed by atoms with Crippen LogP contribution in [0.5, 0.6) is 0 Å². The predicted molar refractivity (Wildman–Crippen MR) is 108 cm³/mol. The lowest BCUT2D eigenvalue weighted by Crippen LogP contribution is -2.19. The molecule has 1 amide bonds. The van der Waals surface area contributed by atoms with Crippen molar-refractivity contribution in [2.75, 3.05) is 16.3 Å². The summed E-state index contributed by atoms with van der Waals surface area (Å²) in [4.78, 5) is 20.5. The number of sulfonamides is 1. The van der Waals surface area contributed by atoms with Gasteiger partial charge in [-0.05, 0) is 13.0 Å². The maximum absolute atomic E-state index is 13.9. The van der Waals surface area contributed by atoms with E-state index in [4.69, 9.17) is 4.74 Å². The van der Waals surface area contributed by atoms with Gasteiger partial charge in [0.25, 0.3) is 0 Å². The summed E-state index contributed by atoms with van der Waals surface area (Å²) in [5.41, 5.74) is 0.826. The van der Waals surface area contributed by atoms with E-state index in [2.05, 4.69) is 25.1 Å². The summed E-state index contributed by atoms with van der Waals surface area (Å²) >= 11 is 0. The summed E-state index contributed by atoms with van der Waals surface area (Å²) in [6.07, 6.45) is 3.40. The molecular formula is C18H19FN6O4S. The van der Waals surface area contributed by atoms with Crippen molar-refractivity contribution in [3.63, 3.8) is 0 Å². The lowest BCUT2D eigenvalue weighted by atomic mass is 10.1. The Kier molecular flexibility index (Phi) is 5.96. The number of carbonyl (C=O) groups excluding carboxylic acids is 1. The molecule has 0 fully saturated rings. The van der Waals surface area contributed by atoms with E-state index in [0.717, 1.165) is 6.26 Å². The van der Waals surface area contributed by atoms with E-state index >= 15 is 0 Å². The first kappa shape index (κ1) is 21.2. The van der Waals surface area contributed by atoms with Gasteiger partial charge in [0.05, 0.1) is 36.1 Å². The molecule has 3 aromatic rings. The number of benzene rings is 1. The second-order valence-electron chi connectivity index (χ2n) is 6.39. The predicted octanol–water partition coefficient (Wildman–Crippen LogP) is 2.70. The Balaban J connectivity index is 1.76. The molecule has 2 aromatic heterocycles. The SMILES string of the molecule is C[C@@H](OC(=O)Nc1c(-c2ncc(NS(C)(=O)=O)cn2)cnn1C)c1ccccc1F. The Bertz CT molecular complexity index is 1160. The first-order valence-electron chi connectivity index (χ1n) is 8.68. The molecule has 0 spiro atoms. The normalized spacial score (nSPS) is 12.3. The molecule has 0 bridgehead atoms. The van der Waals surface area contributed by atoms with Crippen molar-refractivity contribution in [1.82, 2.24) is 19.7 Å². The van der Waals surface area contributed by atoms with E-state index in [0.29, 0.717) is 5.56 Å². The van der Waals surface area contributed by atoms with E-state index in [1.165, 1.54) is 35.4 Å². The van der Waals surface area contributed by atoms with E-state index in [1.54, 1.807) is 26.1 Å². The topological polar surface area (TPSA) is 128 Å². The van der Waals surface area contributed by atoms with Crippen LogP contribution in [0.3, 0.4) is 0 Å². The summed E-state index contributed by atoms with van der Waals surface area (Å²) in [5, 5.41) is 6.63. The quantitative estimate of drug-likeness (QED) is 0.610. The Morgan fingerprint density at radius 3 is 2.50 bits per heavy atom. The minimum Gasteiger partial charge on any atom is -0.441 e. The second-order valence-corrected chi connectivity index (χ2v) is 8.14. The first-order valence-corrected chi connectivity index (χ1v) is 10.6. The fraction of sp³-hybridized carbons (Fsp3) is 0.222. The lowest BCUT2D eigenvalue weighted by molar-refractivity contribution is 0.119. The van der Waals surface area contributed by atoms with E-state index < -0.39 is 28.0 Å². The Hall–Kier alpha value is -3.54. The molecule has 1 atom stereocenters. The largest absolute Gasteiger partial charge is 0.441 e. The third-order valence-electron chi connectivity index (χ3n) is 3.98. The van der Waals surface area contributed by atoms with Gasteiger partial charge in [-0.1, -0.05) is 18.2 Å². The van der Waals surface area contributed by atoms with Crippen LogP contribution in [-0.4, -0.2) is 40.5 Å². The zero-order valence-electron chi connectivity index (χ0n) is 16.3. The minimum atomic E-state index is -3.46. The van der Waals surface area contributed by atoms with Crippen molar-refractivity contribution in [3.05, 3.63) is 54.2 Å². The molecule has 12 heteroatoms. The van der Waals surface area contributed by atoms with Crippen LogP contribution in [0.15, 0.2) is 42.9 Å². The number of hydrogen-bond acceptors (Lipinski definition) is 7. The van der Waals surface area contributed by atoms with Crippen LogP contribution in [0, 0.1) is 5.82 Å². The standard InChI is InChI=1S/C18H19FN6O4S/c1-11(13-6-4-5-7-15(13)19)29-18(26)23-17-14(10-22-25(17)2)16-20-8-12(9-21-16)24-30(3,27)28/h4-11,24H,1-3H3,(H,23,26)/t11-/m1/s1. The number of halogens is 1. The summed E-state index contributed by atoms with van der Waals surface area (Å²) in [6.45, 7) is 1.55. The molecule has 0 radical (unpaired) electrons. The van der Waals surface area contributed by atoms with Gasteiger partial charge >= 0.3 is 6.09 Å². The molecule has 0 saturated carbocycles. The van der Waals surface area contributed by atoms with Crippen molar-refractivity contribution in [3.8, 4) is 11.4 Å². The number of anilines is 2. The Labute approximate surface area is 172 Å². The maximum atomic E-state index is 13.9. The van der Waals surface area contributed by atoms with Gasteiger partial charge in [-0.25, -0.2) is 27.6 Å². The number of hydrogen-bond donors (Lipinski definition) is 2. The van der Waals surface area contributed by atoms with Crippen LogP contribution in [0.2, 0.25) is 0 Å². The van der Waals surface area contributed by atoms with Gasteiger partial charge in [-0.3, -0.25) is 14.7 Å². The lowest BCUT2D eigenvalue weighted by Gasteiger charge is -2.15. The van der Waals surface area contributed by atoms with E-state index in [-0.39, 0.29) is 22.9 Å². The van der Waals surface area contributed by atoms with Gasteiger partial charge in [0.15, 0.2) is 5.82 Å². The van der Waals surface area contributed by atoms with Gasteiger partial charge < -0.3 is 4.74 Å². The molecule has 0 aliphatic rings. The molecule has 0 saturated heterocycles. The molecule has 2 heterocycles. The maximum Gasteiger partial charge on any atom is 0.413 e. The molecule has 158 valence electrons. The fourth-order valence-corrected chi connectivity index (χ4v) is 3.17. The summed E-state index contributed by atoms with van der Waals surface area (Å²) in [6, 6.07) is 6.01. The highest BCUT2D eigenvalue weighted by molar-refractivity contribution is 7.92. The van der Waals surface area contributed by atoms with E-state index in [9.17, 15) is 17.6 Å². The van der Waals surface area contributed by atoms with Crippen LogP contribution in [-0.2, 0) is 21.8 Å². The van der Waals surface area contributed by atoms with Gasteiger partial charge in [-0.15, -0.1) is 0 Å². The third kappa shape index (κ3) is 5.08. The van der Waals surface area contributed by atoms with Crippen LogP contribution in [0.4, 0.5) is 20.7 Å². The minimum absolute atomic E-state index is 0.192. The molecule has 10 nitrogen and oxygen atoms in total. The fourth-order valence-electron chi connectivity index (χ4n) is 2.64. The average Bonchev–Trinajstić information content (AvgIpc) is 3.02. The van der Waals surface area contributed by atoms with E-state index in [1.807, 2.05) is 0 Å². The van der Waals surface area contributed by atoms with Crippen molar-refractivity contribution in [2.24, 2.45) is 7.05 Å². The van der Waals surface area contributed by atoms with Crippen molar-refractivity contribution in [1.29, 1.82) is 0 Å². The zero-order valence-corrected chi connectivity index (χ0v) is 17.1. The number of ether oxygens (including phenoxy) is 1. The van der Waals surface area contributed by atoms with Gasteiger partial charge in [0.1, 0.15) is 17.7 Å². The number of aryl methyl sites for hydroxylation is 1. The highest BCUT2D eigenvalue weighted by atomic mass is 32.2. The Morgan fingerprint density at radius 2 is 1.87 bits per heavy atom. The van der Waals surface area contributed by atoms with Crippen LogP contribution in [0.25, 0.3) is 11.4 Å². The zero-order chi connectivity index (χ0) is 21.9. The smallest absolute Gasteiger partial charge is 0.413 e.